The molecule has 2 aliphatic heterocycles. The van der Waals surface area contributed by atoms with Crippen molar-refractivity contribution in [1.82, 2.24) is 20.2 Å². The number of pyridine rings is 2. The zero-order valence-corrected chi connectivity index (χ0v) is 17.1. The second kappa shape index (κ2) is 9.22. The first kappa shape index (κ1) is 19.6. The number of fused-ring (bicyclic) bond motifs is 1. The average Bonchev–Trinajstić information content (AvgIpc) is 3.29. The number of nitrogens with one attached hydrogen (secondary N) is 1. The van der Waals surface area contributed by atoms with Crippen LogP contribution in [0.5, 0.6) is 5.88 Å². The highest BCUT2D eigenvalue weighted by Gasteiger charge is 2.19. The second-order valence-corrected chi connectivity index (χ2v) is 7.66. The molecule has 1 saturated heterocycles. The third kappa shape index (κ3) is 4.85. The summed E-state index contributed by atoms with van der Waals surface area (Å²) in [5.74, 6) is 1.49. The fraction of sp³-hybridized carbons (Fsp3) is 0.500. The molecule has 7 nitrogen and oxygen atoms in total. The summed E-state index contributed by atoms with van der Waals surface area (Å²) < 4.78 is 5.89. The standard InChI is InChI=1S/C22H29N5O2/c1-23-22(28)17-5-7-20(24-15-17)27-13-9-19-18(16-27)6-8-21(25-19)29-14-4-12-26-10-2-3-11-26/h5-8,15H,2-4,9-14,16H2,1H3,(H,23,28). The van der Waals surface area contributed by atoms with Crippen molar-refractivity contribution in [3.8, 4) is 5.88 Å². The van der Waals surface area contributed by atoms with Crippen LogP contribution < -0.4 is 15.0 Å². The Hall–Kier alpha value is -2.67. The molecule has 0 radical (unpaired) electrons. The molecule has 0 unspecified atom stereocenters. The van der Waals surface area contributed by atoms with Crippen LogP contribution in [0.15, 0.2) is 30.5 Å². The summed E-state index contributed by atoms with van der Waals surface area (Å²) in [6, 6.07) is 7.80. The van der Waals surface area contributed by atoms with E-state index in [0.29, 0.717) is 5.56 Å². The van der Waals surface area contributed by atoms with E-state index in [9.17, 15) is 4.79 Å². The fourth-order valence-corrected chi connectivity index (χ4v) is 3.99. The van der Waals surface area contributed by atoms with Gasteiger partial charge in [-0.3, -0.25) is 4.79 Å². The van der Waals surface area contributed by atoms with Gasteiger partial charge in [0.2, 0.25) is 5.88 Å². The quantitative estimate of drug-likeness (QED) is 0.725. The molecule has 0 aliphatic carbocycles. The number of amides is 1. The number of rotatable bonds is 7. The highest BCUT2D eigenvalue weighted by Crippen LogP contribution is 2.24. The Bertz CT molecular complexity index is 834. The van der Waals surface area contributed by atoms with E-state index in [1.807, 2.05) is 18.2 Å². The lowest BCUT2D eigenvalue weighted by atomic mass is 10.1. The van der Waals surface area contributed by atoms with E-state index in [1.165, 1.54) is 31.5 Å². The van der Waals surface area contributed by atoms with E-state index in [1.54, 1.807) is 13.2 Å². The Kier molecular flexibility index (Phi) is 6.24. The first-order valence-electron chi connectivity index (χ1n) is 10.5. The maximum Gasteiger partial charge on any atom is 0.252 e. The van der Waals surface area contributed by atoms with Gasteiger partial charge in [0, 0.05) is 45.4 Å². The fourth-order valence-electron chi connectivity index (χ4n) is 3.99. The van der Waals surface area contributed by atoms with Crippen molar-refractivity contribution in [2.75, 3.05) is 44.7 Å². The smallest absolute Gasteiger partial charge is 0.252 e. The molecule has 0 spiro atoms. The Morgan fingerprint density at radius 1 is 1.17 bits per heavy atom. The molecule has 2 aromatic heterocycles. The lowest BCUT2D eigenvalue weighted by molar-refractivity contribution is 0.0962. The van der Waals surface area contributed by atoms with Crippen LogP contribution >= 0.6 is 0 Å². The normalized spacial score (nSPS) is 16.5. The van der Waals surface area contributed by atoms with Gasteiger partial charge in [0.25, 0.3) is 5.91 Å². The number of carbonyl (C=O) groups excluding carboxylic acids is 1. The molecule has 0 saturated carbocycles. The van der Waals surface area contributed by atoms with Crippen molar-refractivity contribution in [3.63, 3.8) is 0 Å². The van der Waals surface area contributed by atoms with Gasteiger partial charge in [-0.05, 0) is 50.0 Å². The van der Waals surface area contributed by atoms with Crippen LogP contribution in [0.1, 0.15) is 40.9 Å². The van der Waals surface area contributed by atoms with Gasteiger partial charge < -0.3 is 19.9 Å². The Morgan fingerprint density at radius 3 is 2.79 bits per heavy atom. The van der Waals surface area contributed by atoms with Crippen molar-refractivity contribution in [2.45, 2.75) is 32.2 Å². The van der Waals surface area contributed by atoms with E-state index in [2.05, 4.69) is 26.2 Å². The average molecular weight is 396 g/mol. The third-order valence-electron chi connectivity index (χ3n) is 5.65. The van der Waals surface area contributed by atoms with E-state index in [4.69, 9.17) is 9.72 Å². The number of ether oxygens (including phenoxy) is 1. The lowest BCUT2D eigenvalue weighted by Gasteiger charge is -2.29. The first-order valence-corrected chi connectivity index (χ1v) is 10.5. The topological polar surface area (TPSA) is 70.6 Å². The van der Waals surface area contributed by atoms with E-state index < -0.39 is 0 Å². The predicted octanol–water partition coefficient (Wildman–Crippen LogP) is 2.26. The van der Waals surface area contributed by atoms with E-state index >= 15 is 0 Å². The Balaban J connectivity index is 1.31. The van der Waals surface area contributed by atoms with Crippen LogP contribution in [0, 0.1) is 0 Å². The minimum absolute atomic E-state index is 0.120. The van der Waals surface area contributed by atoms with Gasteiger partial charge in [0.05, 0.1) is 17.9 Å². The highest BCUT2D eigenvalue weighted by atomic mass is 16.5. The van der Waals surface area contributed by atoms with Crippen molar-refractivity contribution in [2.24, 2.45) is 0 Å². The second-order valence-electron chi connectivity index (χ2n) is 7.66. The van der Waals surface area contributed by atoms with Crippen LogP contribution in [-0.4, -0.2) is 60.6 Å². The molecular weight excluding hydrogens is 366 g/mol. The van der Waals surface area contributed by atoms with Crippen LogP contribution in [-0.2, 0) is 13.0 Å². The summed E-state index contributed by atoms with van der Waals surface area (Å²) in [5, 5.41) is 2.62. The number of carbonyl (C=O) groups is 1. The molecule has 4 heterocycles. The number of aromatic nitrogens is 2. The number of hydrogen-bond donors (Lipinski definition) is 1. The molecule has 1 N–H and O–H groups in total. The van der Waals surface area contributed by atoms with Gasteiger partial charge in [0.1, 0.15) is 5.82 Å². The number of hydrogen-bond acceptors (Lipinski definition) is 6. The van der Waals surface area contributed by atoms with Crippen LogP contribution in [0.2, 0.25) is 0 Å². The summed E-state index contributed by atoms with van der Waals surface area (Å²) >= 11 is 0. The van der Waals surface area contributed by atoms with E-state index in [-0.39, 0.29) is 5.91 Å². The molecule has 0 bridgehead atoms. The molecule has 4 rings (SSSR count). The monoisotopic (exact) mass is 395 g/mol. The Labute approximate surface area is 172 Å². The Morgan fingerprint density at radius 2 is 2.03 bits per heavy atom. The molecule has 29 heavy (non-hydrogen) atoms. The summed E-state index contributed by atoms with van der Waals surface area (Å²) in [6.45, 7) is 5.92. The number of anilines is 1. The van der Waals surface area contributed by atoms with Gasteiger partial charge in [0.15, 0.2) is 0 Å². The lowest BCUT2D eigenvalue weighted by Crippen LogP contribution is -2.31. The molecule has 0 aromatic carbocycles. The van der Waals surface area contributed by atoms with Crippen molar-refractivity contribution >= 4 is 11.7 Å². The maximum atomic E-state index is 11.7. The molecule has 1 fully saturated rings. The minimum Gasteiger partial charge on any atom is -0.478 e. The van der Waals surface area contributed by atoms with Crippen LogP contribution in [0.4, 0.5) is 5.82 Å². The highest BCUT2D eigenvalue weighted by molar-refractivity contribution is 5.93. The molecule has 2 aromatic rings. The molecule has 1 amide bonds. The van der Waals surface area contributed by atoms with Crippen LogP contribution in [0.25, 0.3) is 0 Å². The molecular formula is C22H29N5O2. The van der Waals surface area contributed by atoms with Gasteiger partial charge in [-0.25, -0.2) is 9.97 Å². The van der Waals surface area contributed by atoms with Gasteiger partial charge in [-0.2, -0.15) is 0 Å². The summed E-state index contributed by atoms with van der Waals surface area (Å²) in [5.41, 5.74) is 2.89. The first-order chi connectivity index (χ1) is 14.2. The minimum atomic E-state index is -0.120. The molecule has 7 heteroatoms. The summed E-state index contributed by atoms with van der Waals surface area (Å²) in [4.78, 5) is 25.6. The van der Waals surface area contributed by atoms with Crippen molar-refractivity contribution < 1.29 is 9.53 Å². The van der Waals surface area contributed by atoms with Gasteiger partial charge in [-0.15, -0.1) is 0 Å². The van der Waals surface area contributed by atoms with Gasteiger partial charge >= 0.3 is 0 Å². The zero-order valence-electron chi connectivity index (χ0n) is 17.1. The number of nitrogens with zero attached hydrogens (tertiary/aromatic N) is 4. The van der Waals surface area contributed by atoms with Gasteiger partial charge in [-0.1, -0.05) is 6.07 Å². The van der Waals surface area contributed by atoms with Crippen LogP contribution in [0.3, 0.4) is 0 Å². The molecule has 0 atom stereocenters. The zero-order chi connectivity index (χ0) is 20.1. The maximum absolute atomic E-state index is 11.7. The molecule has 154 valence electrons. The largest absolute Gasteiger partial charge is 0.478 e. The van der Waals surface area contributed by atoms with Crippen molar-refractivity contribution in [3.05, 3.63) is 47.3 Å². The van der Waals surface area contributed by atoms with E-state index in [0.717, 1.165) is 56.5 Å². The summed E-state index contributed by atoms with van der Waals surface area (Å²) in [7, 11) is 1.62. The van der Waals surface area contributed by atoms with Crippen molar-refractivity contribution in [1.29, 1.82) is 0 Å². The predicted molar refractivity (Wildman–Crippen MR) is 112 cm³/mol. The SMILES string of the molecule is CNC(=O)c1ccc(N2CCc3nc(OCCCN4CCCC4)ccc3C2)nc1. The number of likely N-dealkylation sites (tertiary alicyclic amines) is 1. The third-order valence-corrected chi connectivity index (χ3v) is 5.65. The summed E-state index contributed by atoms with van der Waals surface area (Å²) in [6.07, 6.45) is 6.19. The molecule has 2 aliphatic rings.